The van der Waals surface area contributed by atoms with Gasteiger partial charge in [0, 0.05) is 0 Å². The van der Waals surface area contributed by atoms with E-state index in [4.69, 9.17) is 13.3 Å². The molecule has 1 fully saturated rings. The fourth-order valence-corrected chi connectivity index (χ4v) is 3.92. The van der Waals surface area contributed by atoms with Crippen molar-refractivity contribution in [3.8, 4) is 0 Å². The Kier molecular flexibility index (Phi) is 6.65. The summed E-state index contributed by atoms with van der Waals surface area (Å²) in [6.07, 6.45) is 0.653. The molecule has 9 heteroatoms. The molecule has 0 saturated carbocycles. The first-order chi connectivity index (χ1) is 10.4. The molecule has 0 aromatic carbocycles. The first-order valence-electron chi connectivity index (χ1n) is 7.92. The first-order valence-corrected chi connectivity index (χ1v) is 12.2. The van der Waals surface area contributed by atoms with Gasteiger partial charge in [0.2, 0.25) is 0 Å². The topological polar surface area (TPSA) is 82.1 Å². The normalized spacial score (nSPS) is 21.5. The summed E-state index contributed by atoms with van der Waals surface area (Å²) in [4.78, 5) is 12.1. The molecule has 0 unspecified atom stereocenters. The van der Waals surface area contributed by atoms with Gasteiger partial charge in [-0.2, -0.15) is 12.7 Å². The van der Waals surface area contributed by atoms with Crippen LogP contribution in [0.4, 0.5) is 4.79 Å². The van der Waals surface area contributed by atoms with E-state index in [9.17, 15) is 13.2 Å². The van der Waals surface area contributed by atoms with Crippen molar-refractivity contribution in [3.63, 3.8) is 0 Å². The van der Waals surface area contributed by atoms with Gasteiger partial charge in [-0.25, -0.2) is 4.79 Å². The van der Waals surface area contributed by atoms with Crippen LogP contribution < -0.4 is 0 Å². The number of rotatable bonds is 6. The van der Waals surface area contributed by atoms with Gasteiger partial charge in [0.25, 0.3) is 0 Å². The molecule has 0 bridgehead atoms. The molecule has 1 atom stereocenters. The van der Waals surface area contributed by atoms with E-state index < -0.39 is 30.8 Å². The molecule has 1 heterocycles. The van der Waals surface area contributed by atoms with Crippen LogP contribution in [0.2, 0.25) is 18.1 Å². The van der Waals surface area contributed by atoms with E-state index >= 15 is 0 Å². The van der Waals surface area contributed by atoms with Crippen LogP contribution in [-0.4, -0.2) is 53.0 Å². The molecule has 0 radical (unpaired) electrons. The third kappa shape index (κ3) is 5.17. The summed E-state index contributed by atoms with van der Waals surface area (Å²) in [7, 11) is -6.13. The lowest BCUT2D eigenvalue weighted by atomic mass is 10.2. The number of nitrogens with zero attached hydrogens (tertiary/aromatic N) is 1. The van der Waals surface area contributed by atoms with Crippen LogP contribution in [0.1, 0.15) is 40.5 Å². The Hall–Kier alpha value is -0.643. The number of carbonyl (C=O) groups excluding carboxylic acids is 1. The van der Waals surface area contributed by atoms with Crippen LogP contribution in [0.25, 0.3) is 0 Å². The number of hydrogen-bond donors (Lipinski definition) is 0. The van der Waals surface area contributed by atoms with E-state index in [0.29, 0.717) is 10.7 Å². The van der Waals surface area contributed by atoms with Gasteiger partial charge in [-0.3, -0.25) is 4.18 Å². The predicted octanol–water partition coefficient (Wildman–Crippen LogP) is 2.89. The number of hydrogen-bond acceptors (Lipinski definition) is 6. The monoisotopic (exact) mass is 367 g/mol. The highest BCUT2D eigenvalue weighted by Gasteiger charge is 2.45. The van der Waals surface area contributed by atoms with Crippen molar-refractivity contribution < 1.29 is 26.6 Å². The maximum Gasteiger partial charge on any atom is 0.425 e. The van der Waals surface area contributed by atoms with Gasteiger partial charge >= 0.3 is 16.4 Å². The van der Waals surface area contributed by atoms with E-state index in [0.717, 1.165) is 6.42 Å². The minimum atomic E-state index is -4.08. The van der Waals surface area contributed by atoms with E-state index in [1.807, 2.05) is 6.92 Å². The molecular weight excluding hydrogens is 338 g/mol. The molecular formula is C14H29NO6SSi. The number of amides is 1. The van der Waals surface area contributed by atoms with Crippen molar-refractivity contribution in [3.05, 3.63) is 0 Å². The number of ether oxygens (including phenoxy) is 1. The van der Waals surface area contributed by atoms with Crippen LogP contribution >= 0.6 is 0 Å². The van der Waals surface area contributed by atoms with Crippen LogP contribution in [0.15, 0.2) is 0 Å². The van der Waals surface area contributed by atoms with Crippen molar-refractivity contribution >= 4 is 24.7 Å². The highest BCUT2D eigenvalue weighted by atomic mass is 32.2. The molecule has 0 aliphatic carbocycles. The van der Waals surface area contributed by atoms with Crippen molar-refractivity contribution in [1.82, 2.24) is 4.31 Å². The summed E-state index contributed by atoms with van der Waals surface area (Å²) in [6, 6.07) is -0.678. The highest BCUT2D eigenvalue weighted by molar-refractivity contribution is 7.85. The van der Waals surface area contributed by atoms with Crippen LogP contribution in [0.3, 0.4) is 0 Å². The Morgan fingerprint density at radius 1 is 1.35 bits per heavy atom. The third-order valence-electron chi connectivity index (χ3n) is 4.33. The maximum atomic E-state index is 12.1. The lowest BCUT2D eigenvalue weighted by Crippen LogP contribution is -2.47. The van der Waals surface area contributed by atoms with Crippen LogP contribution in [-0.2, 0) is 23.7 Å². The lowest BCUT2D eigenvalue weighted by molar-refractivity contribution is 0.107. The molecule has 0 spiro atoms. The molecule has 0 aromatic heterocycles. The van der Waals surface area contributed by atoms with Gasteiger partial charge in [-0.1, -0.05) is 34.1 Å². The summed E-state index contributed by atoms with van der Waals surface area (Å²) < 4.78 is 40.3. The fourth-order valence-electron chi connectivity index (χ4n) is 1.72. The quantitative estimate of drug-likeness (QED) is 0.530. The number of unbranched alkanes of at least 4 members (excludes halogenated alkanes) is 1. The van der Waals surface area contributed by atoms with Gasteiger partial charge < -0.3 is 9.16 Å². The second-order valence-corrected chi connectivity index (χ2v) is 13.5. The molecule has 1 saturated heterocycles. The van der Waals surface area contributed by atoms with E-state index in [2.05, 4.69) is 33.9 Å². The average Bonchev–Trinajstić information content (AvgIpc) is 2.70. The smallest absolute Gasteiger partial charge is 0.425 e. The Labute approximate surface area is 140 Å². The van der Waals surface area contributed by atoms with Gasteiger partial charge in [-0.15, -0.1) is 0 Å². The fraction of sp³-hybridized carbons (Fsp3) is 0.929. The van der Waals surface area contributed by atoms with Crippen molar-refractivity contribution in [2.75, 3.05) is 19.8 Å². The van der Waals surface area contributed by atoms with Gasteiger partial charge in [0.1, 0.15) is 6.04 Å². The SMILES string of the molecule is CCCCOC(=O)N1[C@H](CO[Si](C)(C)C(C)(C)C)COS1(=O)=O. The van der Waals surface area contributed by atoms with E-state index in [1.54, 1.807) is 0 Å². The van der Waals surface area contributed by atoms with E-state index in [-0.39, 0.29) is 24.9 Å². The minimum Gasteiger partial charge on any atom is -0.449 e. The molecule has 1 aliphatic rings. The lowest BCUT2D eigenvalue weighted by Gasteiger charge is -2.37. The summed E-state index contributed by atoms with van der Waals surface area (Å²) in [5.41, 5.74) is 0. The second kappa shape index (κ2) is 7.50. The zero-order valence-electron chi connectivity index (χ0n) is 14.9. The van der Waals surface area contributed by atoms with Crippen LogP contribution in [0, 0.1) is 0 Å². The van der Waals surface area contributed by atoms with Crippen molar-refractivity contribution in [1.29, 1.82) is 0 Å². The second-order valence-electron chi connectivity index (χ2n) is 7.23. The molecule has 1 rings (SSSR count). The standard InChI is InChI=1S/C14H29NO6SSi/c1-7-8-9-19-13(16)15-12(10-20-22(15,17)18)11-21-23(5,6)14(2,3)4/h12H,7-11H2,1-6H3/t12-/m0/s1. The molecule has 0 aromatic rings. The van der Waals surface area contributed by atoms with Crippen molar-refractivity contribution in [2.45, 2.75) is 64.7 Å². The number of carbonyl (C=O) groups is 1. The zero-order valence-corrected chi connectivity index (χ0v) is 16.7. The Morgan fingerprint density at radius 3 is 2.48 bits per heavy atom. The summed E-state index contributed by atoms with van der Waals surface area (Å²) in [5.74, 6) is 0. The molecule has 1 aliphatic heterocycles. The molecule has 1 amide bonds. The summed E-state index contributed by atoms with van der Waals surface area (Å²) in [6.45, 7) is 12.6. The Morgan fingerprint density at radius 2 is 1.96 bits per heavy atom. The van der Waals surface area contributed by atoms with E-state index in [1.165, 1.54) is 0 Å². The predicted molar refractivity (Wildman–Crippen MR) is 89.9 cm³/mol. The zero-order chi connectivity index (χ0) is 17.9. The molecule has 23 heavy (non-hydrogen) atoms. The van der Waals surface area contributed by atoms with Crippen LogP contribution in [0.5, 0.6) is 0 Å². The maximum absolute atomic E-state index is 12.1. The summed E-state index contributed by atoms with van der Waals surface area (Å²) >= 11 is 0. The Bertz CT molecular complexity index is 514. The third-order valence-corrected chi connectivity index (χ3v) is 10.2. The molecule has 136 valence electrons. The Balaban J connectivity index is 2.76. The van der Waals surface area contributed by atoms with Gasteiger partial charge in [-0.05, 0) is 24.6 Å². The average molecular weight is 368 g/mol. The summed E-state index contributed by atoms with van der Waals surface area (Å²) in [5, 5.41) is -0.00218. The largest absolute Gasteiger partial charge is 0.449 e. The molecule has 0 N–H and O–H groups in total. The van der Waals surface area contributed by atoms with Crippen molar-refractivity contribution in [2.24, 2.45) is 0 Å². The van der Waals surface area contributed by atoms with Gasteiger partial charge in [0.05, 0.1) is 19.8 Å². The first kappa shape index (κ1) is 20.4. The van der Waals surface area contributed by atoms with Gasteiger partial charge in [0.15, 0.2) is 8.32 Å². The minimum absolute atomic E-state index is 0.00218. The molecule has 7 nitrogen and oxygen atoms in total. The highest BCUT2D eigenvalue weighted by Crippen LogP contribution is 2.37.